The Labute approximate surface area is 99.9 Å². The molecule has 104 valence electrons. The Hall–Kier alpha value is -0.330. The maximum absolute atomic E-state index is 11.7. The van der Waals surface area contributed by atoms with E-state index in [0.29, 0.717) is 12.8 Å². The van der Waals surface area contributed by atoms with Crippen molar-refractivity contribution in [3.8, 4) is 0 Å². The van der Waals surface area contributed by atoms with E-state index in [0.717, 1.165) is 0 Å². The van der Waals surface area contributed by atoms with Gasteiger partial charge >= 0.3 is 6.18 Å². The Bertz CT molecular complexity index is 205. The summed E-state index contributed by atoms with van der Waals surface area (Å²) in [5, 5.41) is 9.52. The van der Waals surface area contributed by atoms with Gasteiger partial charge in [-0.05, 0) is 33.1 Å². The standard InChI is InChI=1S/C11H21F3O3/c1-10(2,16-3)6-4-9(15)5-7-17-8-11(12,13)14/h9,15H,4-8H2,1-3H3. The molecular weight excluding hydrogens is 237 g/mol. The lowest BCUT2D eigenvalue weighted by atomic mass is 9.99. The minimum Gasteiger partial charge on any atom is -0.393 e. The fourth-order valence-corrected chi connectivity index (χ4v) is 1.17. The van der Waals surface area contributed by atoms with Crippen LogP contribution in [0.25, 0.3) is 0 Å². The van der Waals surface area contributed by atoms with E-state index in [-0.39, 0.29) is 18.6 Å². The number of hydrogen-bond donors (Lipinski definition) is 1. The number of hydrogen-bond acceptors (Lipinski definition) is 3. The zero-order chi connectivity index (χ0) is 13.5. The minimum atomic E-state index is -4.30. The lowest BCUT2D eigenvalue weighted by Gasteiger charge is -2.24. The largest absolute Gasteiger partial charge is 0.411 e. The van der Waals surface area contributed by atoms with E-state index in [1.165, 1.54) is 0 Å². The van der Waals surface area contributed by atoms with Crippen molar-refractivity contribution in [2.45, 2.75) is 51.0 Å². The number of halogens is 3. The smallest absolute Gasteiger partial charge is 0.393 e. The predicted molar refractivity (Wildman–Crippen MR) is 57.8 cm³/mol. The predicted octanol–water partition coefficient (Wildman–Crippen LogP) is 2.52. The summed E-state index contributed by atoms with van der Waals surface area (Å²) >= 11 is 0. The lowest BCUT2D eigenvalue weighted by Crippen LogP contribution is -2.25. The van der Waals surface area contributed by atoms with Gasteiger partial charge in [-0.25, -0.2) is 0 Å². The Kier molecular flexibility index (Phi) is 7.04. The number of aliphatic hydroxyl groups is 1. The van der Waals surface area contributed by atoms with Crippen molar-refractivity contribution >= 4 is 0 Å². The van der Waals surface area contributed by atoms with Crippen molar-refractivity contribution < 1.29 is 27.8 Å². The van der Waals surface area contributed by atoms with Crippen LogP contribution in [0.5, 0.6) is 0 Å². The van der Waals surface area contributed by atoms with Crippen LogP contribution in [0.4, 0.5) is 13.2 Å². The average Bonchev–Trinajstić information content (AvgIpc) is 2.20. The van der Waals surface area contributed by atoms with Gasteiger partial charge in [-0.3, -0.25) is 0 Å². The van der Waals surface area contributed by atoms with E-state index >= 15 is 0 Å². The number of alkyl halides is 3. The van der Waals surface area contributed by atoms with Crippen molar-refractivity contribution in [2.24, 2.45) is 0 Å². The summed E-state index contributed by atoms with van der Waals surface area (Å²) in [6.45, 7) is 2.43. The molecule has 1 N–H and O–H groups in total. The molecule has 0 aliphatic heterocycles. The van der Waals surface area contributed by atoms with Crippen LogP contribution >= 0.6 is 0 Å². The highest BCUT2D eigenvalue weighted by Gasteiger charge is 2.27. The quantitative estimate of drug-likeness (QED) is 0.680. The summed E-state index contributed by atoms with van der Waals surface area (Å²) in [7, 11) is 1.58. The third-order valence-corrected chi connectivity index (χ3v) is 2.49. The van der Waals surface area contributed by atoms with E-state index in [1.807, 2.05) is 13.8 Å². The van der Waals surface area contributed by atoms with E-state index in [1.54, 1.807) is 7.11 Å². The van der Waals surface area contributed by atoms with Crippen LogP contribution in [-0.2, 0) is 9.47 Å². The summed E-state index contributed by atoms with van der Waals surface area (Å²) in [5.41, 5.74) is -0.326. The molecule has 0 rings (SSSR count). The molecule has 0 heterocycles. The molecule has 0 aliphatic carbocycles. The maximum Gasteiger partial charge on any atom is 0.411 e. The molecule has 0 saturated carbocycles. The zero-order valence-electron chi connectivity index (χ0n) is 10.5. The van der Waals surface area contributed by atoms with Gasteiger partial charge in [0.15, 0.2) is 0 Å². The average molecular weight is 258 g/mol. The first-order chi connectivity index (χ1) is 7.66. The molecule has 0 amide bonds. The Morgan fingerprint density at radius 2 is 1.76 bits per heavy atom. The van der Waals surface area contributed by atoms with Gasteiger partial charge in [0.1, 0.15) is 6.61 Å². The van der Waals surface area contributed by atoms with Gasteiger partial charge in [-0.1, -0.05) is 0 Å². The van der Waals surface area contributed by atoms with Gasteiger partial charge in [-0.15, -0.1) is 0 Å². The molecule has 1 atom stereocenters. The Morgan fingerprint density at radius 3 is 2.24 bits per heavy atom. The number of ether oxygens (including phenoxy) is 2. The van der Waals surface area contributed by atoms with Crippen LogP contribution in [0.1, 0.15) is 33.1 Å². The van der Waals surface area contributed by atoms with Crippen molar-refractivity contribution in [3.63, 3.8) is 0 Å². The van der Waals surface area contributed by atoms with Gasteiger partial charge in [0.2, 0.25) is 0 Å². The van der Waals surface area contributed by atoms with Gasteiger partial charge in [0, 0.05) is 13.7 Å². The molecule has 3 nitrogen and oxygen atoms in total. The number of methoxy groups -OCH3 is 1. The number of aliphatic hydroxyl groups excluding tert-OH is 1. The van der Waals surface area contributed by atoms with Crippen LogP contribution in [0.2, 0.25) is 0 Å². The summed E-state index contributed by atoms with van der Waals surface area (Å²) < 4.78 is 44.8. The fourth-order valence-electron chi connectivity index (χ4n) is 1.17. The Morgan fingerprint density at radius 1 is 1.18 bits per heavy atom. The maximum atomic E-state index is 11.7. The summed E-state index contributed by atoms with van der Waals surface area (Å²) in [6.07, 6.45) is -3.63. The van der Waals surface area contributed by atoms with Crippen molar-refractivity contribution in [3.05, 3.63) is 0 Å². The van der Waals surface area contributed by atoms with E-state index in [4.69, 9.17) is 4.74 Å². The molecule has 0 aromatic rings. The minimum absolute atomic E-state index is 0.0892. The topological polar surface area (TPSA) is 38.7 Å². The van der Waals surface area contributed by atoms with Crippen molar-refractivity contribution in [1.29, 1.82) is 0 Å². The monoisotopic (exact) mass is 258 g/mol. The molecule has 0 spiro atoms. The molecule has 0 aromatic carbocycles. The summed E-state index contributed by atoms with van der Waals surface area (Å²) in [4.78, 5) is 0. The second kappa shape index (κ2) is 7.18. The normalized spacial score (nSPS) is 15.0. The molecule has 17 heavy (non-hydrogen) atoms. The third-order valence-electron chi connectivity index (χ3n) is 2.49. The Balaban J connectivity index is 3.57. The van der Waals surface area contributed by atoms with Crippen molar-refractivity contribution in [1.82, 2.24) is 0 Å². The number of rotatable bonds is 8. The van der Waals surface area contributed by atoms with Gasteiger partial charge in [-0.2, -0.15) is 13.2 Å². The van der Waals surface area contributed by atoms with Crippen molar-refractivity contribution in [2.75, 3.05) is 20.3 Å². The summed E-state index contributed by atoms with van der Waals surface area (Å²) in [6, 6.07) is 0. The van der Waals surface area contributed by atoms with E-state index in [2.05, 4.69) is 4.74 Å². The molecule has 0 fully saturated rings. The molecule has 0 saturated heterocycles. The van der Waals surface area contributed by atoms with Crippen LogP contribution in [-0.4, -0.2) is 43.3 Å². The van der Waals surface area contributed by atoms with Gasteiger partial charge in [0.25, 0.3) is 0 Å². The summed E-state index contributed by atoms with van der Waals surface area (Å²) in [5.74, 6) is 0. The molecule has 0 aliphatic rings. The molecule has 6 heteroatoms. The highest BCUT2D eigenvalue weighted by molar-refractivity contribution is 4.70. The fraction of sp³-hybridized carbons (Fsp3) is 1.00. The molecular formula is C11H21F3O3. The van der Waals surface area contributed by atoms with Crippen LogP contribution in [0.3, 0.4) is 0 Å². The zero-order valence-corrected chi connectivity index (χ0v) is 10.5. The van der Waals surface area contributed by atoms with Crippen LogP contribution in [0.15, 0.2) is 0 Å². The first-order valence-corrected chi connectivity index (χ1v) is 5.54. The van der Waals surface area contributed by atoms with E-state index < -0.39 is 18.9 Å². The second-order valence-electron chi connectivity index (χ2n) is 4.61. The molecule has 0 aromatic heterocycles. The van der Waals surface area contributed by atoms with Gasteiger partial charge < -0.3 is 14.6 Å². The molecule has 0 radical (unpaired) electrons. The molecule has 0 bridgehead atoms. The molecule has 1 unspecified atom stereocenters. The second-order valence-corrected chi connectivity index (χ2v) is 4.61. The third kappa shape index (κ3) is 10.5. The highest BCUT2D eigenvalue weighted by atomic mass is 19.4. The SMILES string of the molecule is COC(C)(C)CCC(O)CCOCC(F)(F)F. The van der Waals surface area contributed by atoms with E-state index in [9.17, 15) is 18.3 Å². The van der Waals surface area contributed by atoms with Crippen LogP contribution in [0, 0.1) is 0 Å². The first kappa shape index (κ1) is 16.7. The first-order valence-electron chi connectivity index (χ1n) is 5.54. The lowest BCUT2D eigenvalue weighted by molar-refractivity contribution is -0.175. The highest BCUT2D eigenvalue weighted by Crippen LogP contribution is 2.18. The van der Waals surface area contributed by atoms with Gasteiger partial charge in [0.05, 0.1) is 11.7 Å². The van der Waals surface area contributed by atoms with Crippen LogP contribution < -0.4 is 0 Å².